The van der Waals surface area contributed by atoms with Gasteiger partial charge < -0.3 is 14.5 Å². The van der Waals surface area contributed by atoms with Gasteiger partial charge in [0.25, 0.3) is 0 Å². The van der Waals surface area contributed by atoms with Crippen LogP contribution in [0.4, 0.5) is 5.69 Å². The van der Waals surface area contributed by atoms with Crippen molar-refractivity contribution in [3.05, 3.63) is 48.5 Å². The minimum absolute atomic E-state index is 0.274. The molecule has 1 saturated heterocycles. The van der Waals surface area contributed by atoms with Crippen LogP contribution in [0.5, 0.6) is 5.88 Å². The zero-order chi connectivity index (χ0) is 21.3. The van der Waals surface area contributed by atoms with Gasteiger partial charge in [0.1, 0.15) is 6.33 Å². The molecular formula is C22H30N6O2. The van der Waals surface area contributed by atoms with Crippen molar-refractivity contribution in [1.82, 2.24) is 24.5 Å². The second-order valence-electron chi connectivity index (χ2n) is 7.26. The highest BCUT2D eigenvalue weighted by Gasteiger charge is 2.19. The molecule has 0 N–H and O–H groups in total. The first-order chi connectivity index (χ1) is 14.6. The fourth-order valence-electron chi connectivity index (χ4n) is 3.41. The summed E-state index contributed by atoms with van der Waals surface area (Å²) in [6, 6.07) is 9.89. The smallest absolute Gasteiger partial charge is 0.222 e. The molecule has 0 aromatic carbocycles. The lowest BCUT2D eigenvalue weighted by Crippen LogP contribution is -2.33. The van der Waals surface area contributed by atoms with E-state index < -0.39 is 0 Å². The molecule has 1 amide bonds. The topological polar surface area (TPSA) is 75.9 Å². The lowest BCUT2D eigenvalue weighted by atomic mass is 10.2. The number of likely N-dealkylation sites (tertiary alicyclic amines) is 1. The molecule has 0 atom stereocenters. The summed E-state index contributed by atoms with van der Waals surface area (Å²) in [5.74, 6) is 0.887. The Hall–Kier alpha value is -3.16. The third kappa shape index (κ3) is 5.46. The van der Waals surface area contributed by atoms with E-state index in [0.29, 0.717) is 12.3 Å². The normalized spacial score (nSPS) is 13.3. The molecule has 0 spiro atoms. The molecule has 3 aromatic rings. The number of fused-ring (bicyclic) bond motifs is 1. The predicted molar refractivity (Wildman–Crippen MR) is 117 cm³/mol. The average molecular weight is 411 g/mol. The van der Waals surface area contributed by atoms with E-state index >= 15 is 0 Å². The van der Waals surface area contributed by atoms with Gasteiger partial charge in [-0.05, 0) is 31.0 Å². The number of anilines is 1. The fraction of sp³-hybridized carbons (Fsp3) is 0.455. The molecule has 1 aliphatic heterocycles. The van der Waals surface area contributed by atoms with Crippen LogP contribution in [0.1, 0.15) is 31.9 Å². The number of methoxy groups -OCH3 is 1. The van der Waals surface area contributed by atoms with Gasteiger partial charge in [0, 0.05) is 44.9 Å². The number of hydrogen-bond acceptors (Lipinski definition) is 6. The van der Waals surface area contributed by atoms with E-state index in [1.165, 1.54) is 5.69 Å². The molecule has 4 heterocycles. The Labute approximate surface area is 177 Å². The lowest BCUT2D eigenvalue weighted by Gasteiger charge is -2.23. The van der Waals surface area contributed by atoms with Gasteiger partial charge in [-0.1, -0.05) is 19.4 Å². The second-order valence-corrected chi connectivity index (χ2v) is 7.26. The highest BCUT2D eigenvalue weighted by molar-refractivity contribution is 5.78. The van der Waals surface area contributed by atoms with E-state index in [2.05, 4.69) is 33.0 Å². The molecule has 0 radical (unpaired) electrons. The largest absolute Gasteiger partial charge is 0.481 e. The number of likely N-dealkylation sites (N-methyl/N-ethyl adjacent to an activating group) is 1. The molecule has 4 rings (SSSR count). The minimum Gasteiger partial charge on any atom is -0.481 e. The lowest BCUT2D eigenvalue weighted by molar-refractivity contribution is -0.127. The molecule has 0 unspecified atom stereocenters. The molecule has 8 nitrogen and oxygen atoms in total. The van der Waals surface area contributed by atoms with Crippen LogP contribution < -0.4 is 9.64 Å². The van der Waals surface area contributed by atoms with E-state index in [1.807, 2.05) is 40.7 Å². The van der Waals surface area contributed by atoms with Gasteiger partial charge in [0.2, 0.25) is 11.8 Å². The third-order valence-electron chi connectivity index (χ3n) is 5.13. The van der Waals surface area contributed by atoms with E-state index in [-0.39, 0.29) is 5.91 Å². The summed E-state index contributed by atoms with van der Waals surface area (Å²) in [6.07, 6.45) is 7.26. The van der Waals surface area contributed by atoms with Gasteiger partial charge in [0.15, 0.2) is 5.65 Å². The molecular weight excluding hydrogens is 380 g/mol. The number of carbonyl (C=O) groups excluding carboxylic acids is 1. The Morgan fingerprint density at radius 2 is 2.07 bits per heavy atom. The summed E-state index contributed by atoms with van der Waals surface area (Å²) in [4.78, 5) is 23.8. The van der Waals surface area contributed by atoms with E-state index in [0.717, 1.165) is 50.2 Å². The van der Waals surface area contributed by atoms with Crippen molar-refractivity contribution in [2.75, 3.05) is 38.7 Å². The fourth-order valence-corrected chi connectivity index (χ4v) is 3.41. The molecule has 1 fully saturated rings. The number of hydrogen-bond donors (Lipinski definition) is 0. The molecule has 0 bridgehead atoms. The number of ether oxygens (including phenoxy) is 1. The Kier molecular flexibility index (Phi) is 7.59. The Morgan fingerprint density at radius 3 is 2.73 bits per heavy atom. The first-order valence-electron chi connectivity index (χ1n) is 10.4. The predicted octanol–water partition coefficient (Wildman–Crippen LogP) is 2.83. The number of nitrogens with zero attached hydrogens (tertiary/aromatic N) is 6. The second kappa shape index (κ2) is 10.6. The first kappa shape index (κ1) is 21.5. The van der Waals surface area contributed by atoms with Gasteiger partial charge in [-0.2, -0.15) is 5.10 Å². The number of amides is 1. The van der Waals surface area contributed by atoms with Crippen molar-refractivity contribution >= 4 is 17.2 Å². The SMILES string of the molecule is CCCc1cccc2ncnn12.COc1ccc(N(C)CCN2CCCC2=O)cn1. The van der Waals surface area contributed by atoms with Gasteiger partial charge in [-0.15, -0.1) is 0 Å². The maximum Gasteiger partial charge on any atom is 0.222 e. The van der Waals surface area contributed by atoms with Crippen LogP contribution in [0.25, 0.3) is 5.65 Å². The molecule has 30 heavy (non-hydrogen) atoms. The molecule has 3 aromatic heterocycles. The van der Waals surface area contributed by atoms with Gasteiger partial charge >= 0.3 is 0 Å². The van der Waals surface area contributed by atoms with Gasteiger partial charge in [-0.25, -0.2) is 14.5 Å². The maximum absolute atomic E-state index is 11.5. The molecule has 1 aliphatic rings. The average Bonchev–Trinajstić information content (AvgIpc) is 3.42. The third-order valence-corrected chi connectivity index (χ3v) is 5.13. The number of pyridine rings is 2. The Bertz CT molecular complexity index is 940. The molecule has 160 valence electrons. The summed E-state index contributed by atoms with van der Waals surface area (Å²) >= 11 is 0. The number of aryl methyl sites for hydroxylation is 1. The van der Waals surface area contributed by atoms with Crippen molar-refractivity contribution in [3.8, 4) is 5.88 Å². The quantitative estimate of drug-likeness (QED) is 0.596. The summed E-state index contributed by atoms with van der Waals surface area (Å²) in [5, 5.41) is 4.14. The van der Waals surface area contributed by atoms with Crippen molar-refractivity contribution < 1.29 is 9.53 Å². The number of carbonyl (C=O) groups is 1. The summed E-state index contributed by atoms with van der Waals surface area (Å²) in [6.45, 7) is 4.66. The molecule has 0 saturated carbocycles. The van der Waals surface area contributed by atoms with Crippen molar-refractivity contribution in [2.24, 2.45) is 0 Å². The minimum atomic E-state index is 0.274. The van der Waals surface area contributed by atoms with Crippen molar-refractivity contribution in [1.29, 1.82) is 0 Å². The van der Waals surface area contributed by atoms with Crippen LogP contribution >= 0.6 is 0 Å². The summed E-state index contributed by atoms with van der Waals surface area (Å²) in [5.41, 5.74) is 3.19. The number of aromatic nitrogens is 4. The standard InChI is InChI=1S/C13H19N3O2.C9H11N3/c1-15(8-9-16-7-3-4-13(16)17)11-5-6-12(18-2)14-10-11;1-2-4-8-5-3-6-9-10-7-11-12(8)9/h5-6,10H,3-4,7-9H2,1-2H3;3,5-7H,2,4H2,1H3. The van der Waals surface area contributed by atoms with Crippen LogP contribution in [0.2, 0.25) is 0 Å². The Morgan fingerprint density at radius 1 is 1.20 bits per heavy atom. The van der Waals surface area contributed by atoms with Crippen molar-refractivity contribution in [2.45, 2.75) is 32.6 Å². The summed E-state index contributed by atoms with van der Waals surface area (Å²) < 4.78 is 6.91. The monoisotopic (exact) mass is 410 g/mol. The highest BCUT2D eigenvalue weighted by Crippen LogP contribution is 2.15. The van der Waals surface area contributed by atoms with Gasteiger partial charge in [0.05, 0.1) is 19.0 Å². The summed E-state index contributed by atoms with van der Waals surface area (Å²) in [7, 11) is 3.61. The highest BCUT2D eigenvalue weighted by atomic mass is 16.5. The van der Waals surface area contributed by atoms with Crippen LogP contribution in [0.15, 0.2) is 42.9 Å². The van der Waals surface area contributed by atoms with Crippen LogP contribution in [0, 0.1) is 0 Å². The number of rotatable bonds is 7. The van der Waals surface area contributed by atoms with E-state index in [4.69, 9.17) is 4.74 Å². The molecule has 0 aliphatic carbocycles. The Balaban J connectivity index is 0.000000184. The zero-order valence-corrected chi connectivity index (χ0v) is 18.0. The van der Waals surface area contributed by atoms with Gasteiger partial charge in [-0.3, -0.25) is 4.79 Å². The molecule has 8 heteroatoms. The zero-order valence-electron chi connectivity index (χ0n) is 18.0. The van der Waals surface area contributed by atoms with Crippen LogP contribution in [0.3, 0.4) is 0 Å². The first-order valence-corrected chi connectivity index (χ1v) is 10.4. The van der Waals surface area contributed by atoms with E-state index in [1.54, 1.807) is 19.6 Å². The van der Waals surface area contributed by atoms with Crippen molar-refractivity contribution in [3.63, 3.8) is 0 Å². The van der Waals surface area contributed by atoms with E-state index in [9.17, 15) is 4.79 Å². The van der Waals surface area contributed by atoms with Crippen LogP contribution in [-0.2, 0) is 11.2 Å². The maximum atomic E-state index is 11.5. The van der Waals surface area contributed by atoms with Crippen LogP contribution in [-0.4, -0.2) is 64.2 Å².